The Hall–Kier alpha value is -1.93. The molecule has 2 aromatic heterocycles. The number of methoxy groups -OCH3 is 1. The van der Waals surface area contributed by atoms with Crippen LogP contribution in [0.25, 0.3) is 10.2 Å². The highest BCUT2D eigenvalue weighted by Crippen LogP contribution is 2.34. The van der Waals surface area contributed by atoms with Crippen LogP contribution in [-0.4, -0.2) is 40.7 Å². The Morgan fingerprint density at radius 3 is 2.76 bits per heavy atom. The Bertz CT molecular complexity index is 716. The molecule has 0 saturated heterocycles. The van der Waals surface area contributed by atoms with Crippen molar-refractivity contribution in [2.75, 3.05) is 19.0 Å². The fraction of sp³-hybridized carbons (Fsp3) is 0.333. The quantitative estimate of drug-likeness (QED) is 0.641. The van der Waals surface area contributed by atoms with E-state index in [0.717, 1.165) is 11.3 Å². The number of aromatic nitrogens is 2. The summed E-state index contributed by atoms with van der Waals surface area (Å²) in [5, 5.41) is 12.2. The van der Waals surface area contributed by atoms with E-state index >= 15 is 0 Å². The van der Waals surface area contributed by atoms with E-state index in [1.165, 1.54) is 7.11 Å². The third-order valence-corrected chi connectivity index (χ3v) is 4.10. The van der Waals surface area contributed by atoms with Crippen LogP contribution in [0.1, 0.15) is 21.7 Å². The van der Waals surface area contributed by atoms with Crippen molar-refractivity contribution in [1.29, 1.82) is 0 Å². The molecule has 0 fully saturated rings. The molecule has 2 heterocycles. The van der Waals surface area contributed by atoms with Crippen molar-refractivity contribution in [3.05, 3.63) is 15.7 Å². The number of thiophene rings is 1. The minimum atomic E-state index is -0.920. The van der Waals surface area contributed by atoms with Crippen molar-refractivity contribution in [2.24, 2.45) is 0 Å². The lowest BCUT2D eigenvalue weighted by molar-refractivity contribution is -0.136. The number of ether oxygens (including phenoxy) is 1. The first-order chi connectivity index (χ1) is 9.93. The normalized spacial score (nSPS) is 10.6. The van der Waals surface area contributed by atoms with E-state index in [4.69, 9.17) is 21.4 Å². The second-order valence-electron chi connectivity index (χ2n) is 4.14. The van der Waals surface area contributed by atoms with E-state index in [0.29, 0.717) is 26.5 Å². The molecule has 0 aromatic carbocycles. The molecule has 21 heavy (non-hydrogen) atoms. The number of carbonyl (C=O) groups excluding carboxylic acids is 1. The Kier molecular flexibility index (Phi) is 4.59. The number of rotatable bonds is 5. The van der Waals surface area contributed by atoms with E-state index in [-0.39, 0.29) is 18.2 Å². The maximum absolute atomic E-state index is 11.7. The molecule has 0 atom stereocenters. The number of carboxylic acid groups (broad SMARTS) is 1. The fourth-order valence-corrected chi connectivity index (χ4v) is 3.13. The van der Waals surface area contributed by atoms with Gasteiger partial charge < -0.3 is 15.2 Å². The summed E-state index contributed by atoms with van der Waals surface area (Å²) in [5.41, 5.74) is 0.677. The second kappa shape index (κ2) is 6.23. The monoisotopic (exact) mass is 329 g/mol. The van der Waals surface area contributed by atoms with Crippen molar-refractivity contribution >= 4 is 50.9 Å². The number of aliphatic carboxylic acids is 1. The number of hydrogen-bond acceptors (Lipinski definition) is 7. The largest absolute Gasteiger partial charge is 0.481 e. The lowest BCUT2D eigenvalue weighted by atomic mass is 10.2. The van der Waals surface area contributed by atoms with E-state index in [1.54, 1.807) is 6.92 Å². The van der Waals surface area contributed by atoms with Crippen LogP contribution in [0.2, 0.25) is 5.28 Å². The van der Waals surface area contributed by atoms with Crippen LogP contribution < -0.4 is 5.32 Å². The van der Waals surface area contributed by atoms with Crippen molar-refractivity contribution in [3.8, 4) is 0 Å². The predicted molar refractivity (Wildman–Crippen MR) is 79.2 cm³/mol. The summed E-state index contributed by atoms with van der Waals surface area (Å²) in [5.74, 6) is -0.963. The van der Waals surface area contributed by atoms with E-state index in [9.17, 15) is 9.59 Å². The van der Waals surface area contributed by atoms with Gasteiger partial charge in [0.15, 0.2) is 0 Å². The van der Waals surface area contributed by atoms with Gasteiger partial charge in [-0.25, -0.2) is 14.8 Å². The highest BCUT2D eigenvalue weighted by molar-refractivity contribution is 7.20. The highest BCUT2D eigenvalue weighted by atomic mass is 35.5. The first kappa shape index (κ1) is 15.5. The minimum Gasteiger partial charge on any atom is -0.481 e. The molecule has 112 valence electrons. The van der Waals surface area contributed by atoms with E-state index in [1.807, 2.05) is 0 Å². The first-order valence-electron chi connectivity index (χ1n) is 5.94. The van der Waals surface area contributed by atoms with Crippen molar-refractivity contribution < 1.29 is 19.4 Å². The molecule has 2 aromatic rings. The van der Waals surface area contributed by atoms with Crippen LogP contribution in [0.15, 0.2) is 0 Å². The van der Waals surface area contributed by atoms with E-state index < -0.39 is 11.9 Å². The van der Waals surface area contributed by atoms with Crippen LogP contribution in [0.3, 0.4) is 0 Å². The average Bonchev–Trinajstić information content (AvgIpc) is 2.74. The highest BCUT2D eigenvalue weighted by Gasteiger charge is 2.20. The van der Waals surface area contributed by atoms with Gasteiger partial charge in [0.1, 0.15) is 15.5 Å². The summed E-state index contributed by atoms with van der Waals surface area (Å²) in [4.78, 5) is 31.4. The number of nitrogens with zero attached hydrogens (tertiary/aromatic N) is 2. The van der Waals surface area contributed by atoms with Gasteiger partial charge in [0.05, 0.1) is 18.9 Å². The Balaban J connectivity index is 2.46. The molecule has 0 aliphatic heterocycles. The zero-order chi connectivity index (χ0) is 15.6. The SMILES string of the molecule is COC(=O)c1sc2nc(Cl)nc(NCCC(=O)O)c2c1C. The minimum absolute atomic E-state index is 0.0259. The van der Waals surface area contributed by atoms with Gasteiger partial charge in [-0.1, -0.05) is 0 Å². The summed E-state index contributed by atoms with van der Waals surface area (Å²) in [6.45, 7) is 1.95. The summed E-state index contributed by atoms with van der Waals surface area (Å²) < 4.78 is 4.72. The smallest absolute Gasteiger partial charge is 0.348 e. The van der Waals surface area contributed by atoms with Crippen molar-refractivity contribution in [3.63, 3.8) is 0 Å². The van der Waals surface area contributed by atoms with Gasteiger partial charge in [-0.3, -0.25) is 4.79 Å². The topological polar surface area (TPSA) is 101 Å². The zero-order valence-electron chi connectivity index (χ0n) is 11.3. The molecule has 9 heteroatoms. The molecule has 0 unspecified atom stereocenters. The number of nitrogens with one attached hydrogen (secondary N) is 1. The molecule has 2 rings (SSSR count). The van der Waals surface area contributed by atoms with Gasteiger partial charge >= 0.3 is 11.9 Å². The Labute approximate surface area is 128 Å². The summed E-state index contributed by atoms with van der Waals surface area (Å²) in [6, 6.07) is 0. The lowest BCUT2D eigenvalue weighted by Crippen LogP contribution is -2.09. The van der Waals surface area contributed by atoms with Crippen LogP contribution in [0, 0.1) is 6.92 Å². The summed E-state index contributed by atoms with van der Waals surface area (Å²) in [7, 11) is 1.30. The number of halogens is 1. The molecule has 0 bridgehead atoms. The number of hydrogen-bond donors (Lipinski definition) is 2. The van der Waals surface area contributed by atoms with Gasteiger partial charge in [0.25, 0.3) is 0 Å². The molecule has 0 aliphatic rings. The molecular weight excluding hydrogens is 318 g/mol. The number of esters is 1. The third kappa shape index (κ3) is 3.22. The van der Waals surface area contributed by atoms with Gasteiger partial charge in [-0.15, -0.1) is 11.3 Å². The zero-order valence-corrected chi connectivity index (χ0v) is 12.8. The van der Waals surface area contributed by atoms with Gasteiger partial charge in [-0.2, -0.15) is 0 Å². The molecule has 0 aliphatic carbocycles. The molecule has 2 N–H and O–H groups in total. The maximum atomic E-state index is 11.7. The summed E-state index contributed by atoms with van der Waals surface area (Å²) in [6.07, 6.45) is -0.0594. The molecule has 0 amide bonds. The summed E-state index contributed by atoms with van der Waals surface area (Å²) >= 11 is 7.01. The molecule has 0 saturated carbocycles. The van der Waals surface area contributed by atoms with Crippen LogP contribution in [0.5, 0.6) is 0 Å². The van der Waals surface area contributed by atoms with E-state index in [2.05, 4.69) is 15.3 Å². The van der Waals surface area contributed by atoms with Gasteiger partial charge in [-0.05, 0) is 24.1 Å². The average molecular weight is 330 g/mol. The van der Waals surface area contributed by atoms with Crippen LogP contribution in [0.4, 0.5) is 5.82 Å². The maximum Gasteiger partial charge on any atom is 0.348 e. The number of carbonyl (C=O) groups is 2. The lowest BCUT2D eigenvalue weighted by Gasteiger charge is -2.06. The first-order valence-corrected chi connectivity index (χ1v) is 7.14. The number of anilines is 1. The van der Waals surface area contributed by atoms with Crippen molar-refractivity contribution in [2.45, 2.75) is 13.3 Å². The van der Waals surface area contributed by atoms with Crippen LogP contribution >= 0.6 is 22.9 Å². The number of fused-ring (bicyclic) bond motifs is 1. The standard InChI is InChI=1S/C12H12ClN3O4S/c1-5-7-9(14-4-3-6(17)18)15-12(13)16-10(7)21-8(5)11(19)20-2/h3-4H2,1-2H3,(H,17,18)(H,14,15,16). The van der Waals surface area contributed by atoms with Gasteiger partial charge in [0.2, 0.25) is 5.28 Å². The van der Waals surface area contributed by atoms with Gasteiger partial charge in [0, 0.05) is 6.54 Å². The predicted octanol–water partition coefficient (Wildman–Crippen LogP) is 2.33. The molecule has 7 nitrogen and oxygen atoms in total. The Morgan fingerprint density at radius 2 is 2.14 bits per heavy atom. The third-order valence-electron chi connectivity index (χ3n) is 2.76. The fourth-order valence-electron chi connectivity index (χ4n) is 1.82. The molecule has 0 spiro atoms. The number of carboxylic acids is 1. The molecular formula is C12H12ClN3O4S. The second-order valence-corrected chi connectivity index (χ2v) is 5.48. The number of aryl methyl sites for hydroxylation is 1. The van der Waals surface area contributed by atoms with Crippen LogP contribution in [-0.2, 0) is 9.53 Å². The Morgan fingerprint density at radius 1 is 1.43 bits per heavy atom. The van der Waals surface area contributed by atoms with Crippen molar-refractivity contribution in [1.82, 2.24) is 9.97 Å². The molecule has 0 radical (unpaired) electrons.